The zero-order chi connectivity index (χ0) is 18.1. The Morgan fingerprint density at radius 3 is 2.65 bits per heavy atom. The number of fused-ring (bicyclic) bond motifs is 1. The molecule has 6 nitrogen and oxygen atoms in total. The van der Waals surface area contributed by atoms with Crippen LogP contribution in [0.1, 0.15) is 16.1 Å². The van der Waals surface area contributed by atoms with Gasteiger partial charge < -0.3 is 14.2 Å². The SMILES string of the molecule is COc1ccc(CN2CCn3cc(-c4ccnnc4)c(Cl)c3C2=O)cc1. The van der Waals surface area contributed by atoms with Gasteiger partial charge >= 0.3 is 0 Å². The fraction of sp³-hybridized carbons (Fsp3) is 0.211. The number of hydrogen-bond donors (Lipinski definition) is 0. The molecule has 0 saturated heterocycles. The van der Waals surface area contributed by atoms with Crippen LogP contribution < -0.4 is 4.74 Å². The molecule has 0 radical (unpaired) electrons. The van der Waals surface area contributed by atoms with Gasteiger partial charge in [-0.25, -0.2) is 0 Å². The van der Waals surface area contributed by atoms with Gasteiger partial charge in [0.1, 0.15) is 11.4 Å². The van der Waals surface area contributed by atoms with Gasteiger partial charge in [0.05, 0.1) is 24.5 Å². The van der Waals surface area contributed by atoms with Crippen molar-refractivity contribution in [1.82, 2.24) is 19.7 Å². The molecule has 26 heavy (non-hydrogen) atoms. The Hall–Kier alpha value is -2.86. The summed E-state index contributed by atoms with van der Waals surface area (Å²) in [5.74, 6) is 0.733. The van der Waals surface area contributed by atoms with Crippen molar-refractivity contribution >= 4 is 17.5 Å². The number of aromatic nitrogens is 3. The minimum Gasteiger partial charge on any atom is -0.497 e. The van der Waals surface area contributed by atoms with E-state index >= 15 is 0 Å². The lowest BCUT2D eigenvalue weighted by molar-refractivity contribution is 0.0691. The molecule has 1 aromatic carbocycles. The van der Waals surface area contributed by atoms with Crippen molar-refractivity contribution in [3.05, 3.63) is 65.2 Å². The molecule has 3 heterocycles. The average molecular weight is 369 g/mol. The lowest BCUT2D eigenvalue weighted by atomic mass is 10.1. The molecule has 0 saturated carbocycles. The highest BCUT2D eigenvalue weighted by Crippen LogP contribution is 2.34. The maximum absolute atomic E-state index is 13.0. The molecular weight excluding hydrogens is 352 g/mol. The summed E-state index contributed by atoms with van der Waals surface area (Å²) in [7, 11) is 1.63. The second kappa shape index (κ2) is 6.80. The van der Waals surface area contributed by atoms with E-state index in [4.69, 9.17) is 16.3 Å². The predicted molar refractivity (Wildman–Crippen MR) is 98.2 cm³/mol. The highest BCUT2D eigenvalue weighted by molar-refractivity contribution is 6.36. The number of carbonyl (C=O) groups excluding carboxylic acids is 1. The summed E-state index contributed by atoms with van der Waals surface area (Å²) >= 11 is 6.55. The Bertz CT molecular complexity index is 938. The third kappa shape index (κ3) is 2.93. The summed E-state index contributed by atoms with van der Waals surface area (Å²) in [5, 5.41) is 8.13. The fourth-order valence-corrected chi connectivity index (χ4v) is 3.50. The maximum atomic E-state index is 13.0. The molecule has 1 aliphatic heterocycles. The Morgan fingerprint density at radius 1 is 1.15 bits per heavy atom. The monoisotopic (exact) mass is 368 g/mol. The molecule has 3 aromatic rings. The molecular formula is C19H17ClN4O2. The first kappa shape index (κ1) is 16.6. The minimum atomic E-state index is -0.0645. The van der Waals surface area contributed by atoms with E-state index in [0.29, 0.717) is 30.4 Å². The smallest absolute Gasteiger partial charge is 0.272 e. The summed E-state index contributed by atoms with van der Waals surface area (Å²) < 4.78 is 7.10. The molecule has 1 aliphatic rings. The molecule has 0 bridgehead atoms. The standard InChI is InChI=1S/C19H17ClN4O2/c1-26-15-4-2-13(3-5-15)11-24-9-8-23-12-16(14-6-7-21-22-10-14)17(20)18(23)19(24)25/h2-7,10,12H,8-9,11H2,1H3. The number of rotatable bonds is 4. The molecule has 1 amide bonds. The first-order valence-electron chi connectivity index (χ1n) is 8.25. The first-order chi connectivity index (χ1) is 12.7. The zero-order valence-electron chi connectivity index (χ0n) is 14.2. The van der Waals surface area contributed by atoms with Crippen molar-refractivity contribution < 1.29 is 9.53 Å². The largest absolute Gasteiger partial charge is 0.497 e. The van der Waals surface area contributed by atoms with E-state index in [1.54, 1.807) is 19.5 Å². The molecule has 0 atom stereocenters. The fourth-order valence-electron chi connectivity index (χ4n) is 3.16. The normalized spacial score (nSPS) is 13.6. The molecule has 4 rings (SSSR count). The molecule has 0 N–H and O–H groups in total. The van der Waals surface area contributed by atoms with Crippen LogP contribution in [0.25, 0.3) is 11.1 Å². The van der Waals surface area contributed by atoms with Gasteiger partial charge in [-0.3, -0.25) is 4.79 Å². The summed E-state index contributed by atoms with van der Waals surface area (Å²) in [5.41, 5.74) is 3.23. The van der Waals surface area contributed by atoms with Gasteiger partial charge in [-0.05, 0) is 23.8 Å². The Labute approximate surface area is 156 Å². The van der Waals surface area contributed by atoms with Crippen LogP contribution in [0.15, 0.2) is 48.9 Å². The highest BCUT2D eigenvalue weighted by atomic mass is 35.5. The number of halogens is 1. The Morgan fingerprint density at radius 2 is 1.96 bits per heavy atom. The highest BCUT2D eigenvalue weighted by Gasteiger charge is 2.29. The molecule has 2 aromatic heterocycles. The molecule has 7 heteroatoms. The van der Waals surface area contributed by atoms with Gasteiger partial charge in [-0.2, -0.15) is 10.2 Å². The summed E-state index contributed by atoms with van der Waals surface area (Å²) in [6.45, 7) is 1.88. The summed E-state index contributed by atoms with van der Waals surface area (Å²) in [6.07, 6.45) is 5.17. The van der Waals surface area contributed by atoms with E-state index in [-0.39, 0.29) is 5.91 Å². The van der Waals surface area contributed by atoms with Gasteiger partial charge in [-0.1, -0.05) is 23.7 Å². The van der Waals surface area contributed by atoms with Crippen LogP contribution in [0, 0.1) is 0 Å². The average Bonchev–Trinajstić information content (AvgIpc) is 3.02. The van der Waals surface area contributed by atoms with Crippen molar-refractivity contribution in [2.24, 2.45) is 0 Å². The van der Waals surface area contributed by atoms with E-state index in [1.807, 2.05) is 46.0 Å². The molecule has 0 aliphatic carbocycles. The predicted octanol–water partition coefficient (Wildman–Crippen LogP) is 3.26. The summed E-state index contributed by atoms with van der Waals surface area (Å²) in [6, 6.07) is 9.56. The molecule has 0 unspecified atom stereocenters. The van der Waals surface area contributed by atoms with Crippen LogP contribution in [-0.2, 0) is 13.1 Å². The third-order valence-electron chi connectivity index (χ3n) is 4.54. The molecule has 132 valence electrons. The van der Waals surface area contributed by atoms with Crippen LogP contribution in [0.3, 0.4) is 0 Å². The Kier molecular flexibility index (Phi) is 4.34. The van der Waals surface area contributed by atoms with E-state index in [0.717, 1.165) is 22.4 Å². The van der Waals surface area contributed by atoms with Gasteiger partial charge in [0, 0.05) is 37.0 Å². The van der Waals surface area contributed by atoms with Gasteiger partial charge in [0.25, 0.3) is 5.91 Å². The quantitative estimate of drug-likeness (QED) is 0.709. The van der Waals surface area contributed by atoms with Crippen molar-refractivity contribution in [3.63, 3.8) is 0 Å². The van der Waals surface area contributed by atoms with Crippen molar-refractivity contribution in [1.29, 1.82) is 0 Å². The lowest BCUT2D eigenvalue weighted by Gasteiger charge is -2.28. The second-order valence-corrected chi connectivity index (χ2v) is 6.48. The number of amides is 1. The summed E-state index contributed by atoms with van der Waals surface area (Å²) in [4.78, 5) is 14.8. The van der Waals surface area contributed by atoms with E-state index in [2.05, 4.69) is 10.2 Å². The maximum Gasteiger partial charge on any atom is 0.272 e. The van der Waals surface area contributed by atoms with Crippen LogP contribution in [0.4, 0.5) is 0 Å². The number of hydrogen-bond acceptors (Lipinski definition) is 4. The van der Waals surface area contributed by atoms with Crippen molar-refractivity contribution in [2.45, 2.75) is 13.1 Å². The van der Waals surface area contributed by atoms with Crippen LogP contribution in [0.5, 0.6) is 5.75 Å². The number of nitrogens with zero attached hydrogens (tertiary/aromatic N) is 4. The first-order valence-corrected chi connectivity index (χ1v) is 8.63. The second-order valence-electron chi connectivity index (χ2n) is 6.10. The molecule has 0 spiro atoms. The number of ether oxygens (including phenoxy) is 1. The third-order valence-corrected chi connectivity index (χ3v) is 4.93. The van der Waals surface area contributed by atoms with Crippen LogP contribution in [-0.4, -0.2) is 39.2 Å². The van der Waals surface area contributed by atoms with E-state index < -0.39 is 0 Å². The van der Waals surface area contributed by atoms with E-state index in [9.17, 15) is 4.79 Å². The minimum absolute atomic E-state index is 0.0645. The van der Waals surface area contributed by atoms with Gasteiger partial charge in [0.15, 0.2) is 0 Å². The topological polar surface area (TPSA) is 60.2 Å². The van der Waals surface area contributed by atoms with E-state index in [1.165, 1.54) is 0 Å². The number of methoxy groups -OCH3 is 1. The molecule has 0 fully saturated rings. The number of carbonyl (C=O) groups is 1. The number of benzene rings is 1. The zero-order valence-corrected chi connectivity index (χ0v) is 15.0. The van der Waals surface area contributed by atoms with Crippen LogP contribution in [0.2, 0.25) is 5.02 Å². The Balaban J connectivity index is 1.61. The van der Waals surface area contributed by atoms with Gasteiger partial charge in [-0.15, -0.1) is 0 Å². The van der Waals surface area contributed by atoms with Gasteiger partial charge in [0.2, 0.25) is 0 Å². The van der Waals surface area contributed by atoms with Crippen molar-refractivity contribution in [3.8, 4) is 16.9 Å². The van der Waals surface area contributed by atoms with Crippen LogP contribution >= 0.6 is 11.6 Å². The lowest BCUT2D eigenvalue weighted by Crippen LogP contribution is -2.39. The van der Waals surface area contributed by atoms with Crippen molar-refractivity contribution in [2.75, 3.05) is 13.7 Å².